The van der Waals surface area contributed by atoms with Crippen molar-refractivity contribution in [1.29, 1.82) is 0 Å². The number of rotatable bonds is 1. The van der Waals surface area contributed by atoms with Crippen LogP contribution in [0.15, 0.2) is 6.33 Å². The highest BCUT2D eigenvalue weighted by Gasteiger charge is 2.27. The van der Waals surface area contributed by atoms with Gasteiger partial charge in [0, 0.05) is 24.4 Å². The third kappa shape index (κ3) is 1.67. The summed E-state index contributed by atoms with van der Waals surface area (Å²) in [5, 5.41) is 3.36. The molecule has 1 aromatic heterocycles. The van der Waals surface area contributed by atoms with Crippen molar-refractivity contribution >= 4 is 29.1 Å². The Kier molecular flexibility index (Phi) is 2.56. The van der Waals surface area contributed by atoms with Crippen molar-refractivity contribution in [2.45, 2.75) is 12.3 Å². The van der Waals surface area contributed by atoms with Crippen molar-refractivity contribution in [1.82, 2.24) is 15.3 Å². The average Bonchev–Trinajstić information content (AvgIpc) is 2.51. The van der Waals surface area contributed by atoms with Crippen molar-refractivity contribution in [3.8, 4) is 0 Å². The van der Waals surface area contributed by atoms with Gasteiger partial charge in [-0.25, -0.2) is 9.97 Å². The van der Waals surface area contributed by atoms with Crippen LogP contribution in [0.4, 0.5) is 0 Å². The molecule has 2 rings (SSSR count). The third-order valence-electron chi connectivity index (χ3n) is 2.17. The quantitative estimate of drug-likeness (QED) is 0.744. The maximum atomic E-state index is 11.0. The molecule has 0 bridgehead atoms. The fourth-order valence-electron chi connectivity index (χ4n) is 1.50. The second-order valence-electron chi connectivity index (χ2n) is 3.07. The molecule has 0 spiro atoms. The zero-order valence-corrected chi connectivity index (χ0v) is 8.64. The molecule has 1 atom stereocenters. The summed E-state index contributed by atoms with van der Waals surface area (Å²) < 4.78 is 0. The van der Waals surface area contributed by atoms with Gasteiger partial charge >= 0.3 is 0 Å². The SMILES string of the molecule is O=C1CC(c2c(Cl)ncnc2Cl)CN1. The summed E-state index contributed by atoms with van der Waals surface area (Å²) in [7, 11) is 0. The van der Waals surface area contributed by atoms with E-state index in [0.717, 1.165) is 0 Å². The number of nitrogens with zero attached hydrogens (tertiary/aromatic N) is 2. The van der Waals surface area contributed by atoms with Gasteiger partial charge in [-0.1, -0.05) is 23.2 Å². The highest BCUT2D eigenvalue weighted by atomic mass is 35.5. The average molecular weight is 232 g/mol. The van der Waals surface area contributed by atoms with E-state index in [0.29, 0.717) is 28.8 Å². The normalized spacial score (nSPS) is 21.0. The first-order valence-corrected chi connectivity index (χ1v) is 4.86. The lowest BCUT2D eigenvalue weighted by Gasteiger charge is -2.09. The lowest BCUT2D eigenvalue weighted by Crippen LogP contribution is -2.13. The second-order valence-corrected chi connectivity index (χ2v) is 3.79. The van der Waals surface area contributed by atoms with Gasteiger partial charge in [-0.05, 0) is 0 Å². The molecule has 1 aliphatic rings. The molecule has 1 saturated heterocycles. The van der Waals surface area contributed by atoms with Crippen LogP contribution in [0, 0.1) is 0 Å². The summed E-state index contributed by atoms with van der Waals surface area (Å²) in [5.74, 6) is -0.00492. The minimum Gasteiger partial charge on any atom is -0.355 e. The predicted octanol–water partition coefficient (Wildman–Crippen LogP) is 1.39. The molecule has 4 nitrogen and oxygen atoms in total. The molecule has 0 aliphatic carbocycles. The summed E-state index contributed by atoms with van der Waals surface area (Å²) in [6.45, 7) is 0.547. The first kappa shape index (κ1) is 9.68. The van der Waals surface area contributed by atoms with Crippen LogP contribution < -0.4 is 5.32 Å². The standard InChI is InChI=1S/C8H7Cl2N3O/c9-7-6(8(10)13-3-12-7)4-1-5(14)11-2-4/h3-4H,1-2H2,(H,11,14). The van der Waals surface area contributed by atoms with E-state index in [4.69, 9.17) is 23.2 Å². The number of carbonyl (C=O) groups excluding carboxylic acids is 1. The first-order chi connectivity index (χ1) is 6.68. The zero-order valence-electron chi connectivity index (χ0n) is 7.13. The molecular formula is C8H7Cl2N3O. The maximum absolute atomic E-state index is 11.0. The minimum atomic E-state index is -0.0105. The number of nitrogens with one attached hydrogen (secondary N) is 1. The number of aromatic nitrogens is 2. The first-order valence-electron chi connectivity index (χ1n) is 4.11. The van der Waals surface area contributed by atoms with Gasteiger partial charge < -0.3 is 5.32 Å². The van der Waals surface area contributed by atoms with E-state index in [1.807, 2.05) is 0 Å². The Morgan fingerprint density at radius 1 is 1.36 bits per heavy atom. The number of halogens is 2. The van der Waals surface area contributed by atoms with Gasteiger partial charge in [0.15, 0.2) is 0 Å². The molecule has 1 fully saturated rings. The van der Waals surface area contributed by atoms with Gasteiger partial charge in [-0.15, -0.1) is 0 Å². The van der Waals surface area contributed by atoms with Crippen LogP contribution in [0.3, 0.4) is 0 Å². The lowest BCUT2D eigenvalue weighted by atomic mass is 10.0. The monoisotopic (exact) mass is 231 g/mol. The predicted molar refractivity (Wildman–Crippen MR) is 52.4 cm³/mol. The molecule has 1 aromatic rings. The fraction of sp³-hybridized carbons (Fsp3) is 0.375. The van der Waals surface area contributed by atoms with Crippen molar-refractivity contribution in [3.63, 3.8) is 0 Å². The van der Waals surface area contributed by atoms with E-state index in [-0.39, 0.29) is 11.8 Å². The van der Waals surface area contributed by atoms with Gasteiger partial charge in [-0.3, -0.25) is 4.79 Å². The molecule has 1 amide bonds. The van der Waals surface area contributed by atoms with Crippen LogP contribution in [-0.4, -0.2) is 22.4 Å². The van der Waals surface area contributed by atoms with E-state index >= 15 is 0 Å². The lowest BCUT2D eigenvalue weighted by molar-refractivity contribution is -0.119. The molecule has 6 heteroatoms. The Morgan fingerprint density at radius 3 is 2.50 bits per heavy atom. The number of hydrogen-bond acceptors (Lipinski definition) is 3. The summed E-state index contributed by atoms with van der Waals surface area (Å²) in [6.07, 6.45) is 1.70. The molecule has 0 aromatic carbocycles. The summed E-state index contributed by atoms with van der Waals surface area (Å²) in [4.78, 5) is 18.7. The molecule has 0 saturated carbocycles. The van der Waals surface area contributed by atoms with Gasteiger partial charge in [0.1, 0.15) is 16.6 Å². The van der Waals surface area contributed by atoms with Crippen LogP contribution in [0.1, 0.15) is 17.9 Å². The van der Waals surface area contributed by atoms with Crippen LogP contribution in [0.2, 0.25) is 10.3 Å². The highest BCUT2D eigenvalue weighted by Crippen LogP contribution is 2.32. The fourth-order valence-corrected chi connectivity index (χ4v) is 2.12. The smallest absolute Gasteiger partial charge is 0.220 e. The van der Waals surface area contributed by atoms with Gasteiger partial charge in [0.05, 0.1) is 0 Å². The Hall–Kier alpha value is -0.870. The summed E-state index contributed by atoms with van der Waals surface area (Å²) >= 11 is 11.8. The summed E-state index contributed by atoms with van der Waals surface area (Å²) in [5.41, 5.74) is 0.661. The molecular weight excluding hydrogens is 225 g/mol. The topological polar surface area (TPSA) is 54.9 Å². The second kappa shape index (κ2) is 3.71. The van der Waals surface area contributed by atoms with Gasteiger partial charge in [0.2, 0.25) is 5.91 Å². The van der Waals surface area contributed by atoms with Crippen molar-refractivity contribution in [3.05, 3.63) is 22.2 Å². The van der Waals surface area contributed by atoms with Crippen LogP contribution in [-0.2, 0) is 4.79 Å². The number of carbonyl (C=O) groups is 1. The Bertz CT molecular complexity index is 363. The zero-order chi connectivity index (χ0) is 10.1. The van der Waals surface area contributed by atoms with E-state index in [1.165, 1.54) is 6.33 Å². The largest absolute Gasteiger partial charge is 0.355 e. The van der Waals surface area contributed by atoms with Crippen molar-refractivity contribution in [2.24, 2.45) is 0 Å². The van der Waals surface area contributed by atoms with Crippen LogP contribution >= 0.6 is 23.2 Å². The van der Waals surface area contributed by atoms with Crippen LogP contribution in [0.5, 0.6) is 0 Å². The number of hydrogen-bond donors (Lipinski definition) is 1. The molecule has 1 unspecified atom stereocenters. The molecule has 14 heavy (non-hydrogen) atoms. The van der Waals surface area contributed by atoms with Gasteiger partial charge in [0.25, 0.3) is 0 Å². The Labute approximate surface area is 90.6 Å². The van der Waals surface area contributed by atoms with E-state index in [2.05, 4.69) is 15.3 Å². The van der Waals surface area contributed by atoms with Gasteiger partial charge in [-0.2, -0.15) is 0 Å². The minimum absolute atomic E-state index is 0.00554. The highest BCUT2D eigenvalue weighted by molar-refractivity contribution is 6.34. The maximum Gasteiger partial charge on any atom is 0.220 e. The van der Waals surface area contributed by atoms with E-state index in [1.54, 1.807) is 0 Å². The Morgan fingerprint density at radius 2 is 2.00 bits per heavy atom. The Balaban J connectivity index is 2.36. The van der Waals surface area contributed by atoms with E-state index in [9.17, 15) is 4.79 Å². The third-order valence-corrected chi connectivity index (χ3v) is 2.77. The molecule has 74 valence electrons. The molecule has 1 aliphatic heterocycles. The molecule has 1 N–H and O–H groups in total. The molecule has 0 radical (unpaired) electrons. The molecule has 2 heterocycles. The van der Waals surface area contributed by atoms with Crippen molar-refractivity contribution < 1.29 is 4.79 Å². The van der Waals surface area contributed by atoms with E-state index < -0.39 is 0 Å². The summed E-state index contributed by atoms with van der Waals surface area (Å²) in [6, 6.07) is 0. The number of amides is 1. The van der Waals surface area contributed by atoms with Crippen molar-refractivity contribution in [2.75, 3.05) is 6.54 Å². The van der Waals surface area contributed by atoms with Crippen LogP contribution in [0.25, 0.3) is 0 Å².